The molecule has 0 bridgehead atoms. The number of thiophene rings is 1. The van der Waals surface area contributed by atoms with Gasteiger partial charge in [-0.3, -0.25) is 14.9 Å². The molecule has 0 aliphatic rings. The van der Waals surface area contributed by atoms with Gasteiger partial charge < -0.3 is 5.32 Å². The van der Waals surface area contributed by atoms with E-state index in [0.717, 1.165) is 28.5 Å². The summed E-state index contributed by atoms with van der Waals surface area (Å²) in [6.45, 7) is 3.71. The maximum Gasteiger partial charge on any atom is 0.299 e. The van der Waals surface area contributed by atoms with Gasteiger partial charge in [0.1, 0.15) is 4.88 Å². The minimum absolute atomic E-state index is 0.0307. The van der Waals surface area contributed by atoms with E-state index >= 15 is 0 Å². The first kappa shape index (κ1) is 15.8. The topological polar surface area (TPSA) is 72.2 Å². The average Bonchev–Trinajstić information content (AvgIpc) is 2.75. The number of hydrogen-bond acceptors (Lipinski definition) is 4. The van der Waals surface area contributed by atoms with Crippen molar-refractivity contribution >= 4 is 51.8 Å². The second kappa shape index (κ2) is 6.01. The average molecular weight is 345 g/mol. The Balaban J connectivity index is 2.31. The first-order chi connectivity index (χ1) is 9.79. The van der Waals surface area contributed by atoms with E-state index in [9.17, 15) is 14.9 Å². The van der Waals surface area contributed by atoms with Crippen molar-refractivity contribution in [2.75, 3.05) is 5.32 Å². The van der Waals surface area contributed by atoms with Crippen molar-refractivity contribution < 1.29 is 9.72 Å². The Hall–Kier alpha value is -1.63. The highest BCUT2D eigenvalue weighted by Crippen LogP contribution is 2.35. The predicted octanol–water partition coefficient (Wildman–Crippen LogP) is 4.83. The molecule has 0 atom stereocenters. The molecule has 0 saturated carbocycles. The van der Waals surface area contributed by atoms with Crippen LogP contribution in [0, 0.1) is 24.0 Å². The number of benzene rings is 1. The number of anilines is 1. The molecule has 2 aromatic rings. The molecule has 0 spiro atoms. The molecule has 1 heterocycles. The van der Waals surface area contributed by atoms with Gasteiger partial charge in [0.2, 0.25) is 0 Å². The fourth-order valence-corrected chi connectivity index (χ4v) is 3.33. The maximum absolute atomic E-state index is 12.2. The third-order valence-electron chi connectivity index (χ3n) is 2.76. The molecular weight excluding hydrogens is 335 g/mol. The van der Waals surface area contributed by atoms with Crippen molar-refractivity contribution in [2.45, 2.75) is 13.8 Å². The van der Waals surface area contributed by atoms with Crippen molar-refractivity contribution in [2.24, 2.45) is 0 Å². The first-order valence-electron chi connectivity index (χ1n) is 5.81. The zero-order valence-corrected chi connectivity index (χ0v) is 13.4. The highest BCUT2D eigenvalue weighted by molar-refractivity contribution is 7.18. The van der Waals surface area contributed by atoms with Crippen LogP contribution >= 0.6 is 34.5 Å². The molecule has 0 saturated heterocycles. The number of nitro groups is 1. The number of hydrogen-bond donors (Lipinski definition) is 1. The van der Waals surface area contributed by atoms with Crippen molar-refractivity contribution in [1.82, 2.24) is 0 Å². The SMILES string of the molecule is Cc1cc(C)c(NC(=O)c2cc([N+](=O)[O-])c(Cl)s2)c(Cl)c1. The van der Waals surface area contributed by atoms with E-state index in [0.29, 0.717) is 10.7 Å². The number of nitrogens with zero attached hydrogens (tertiary/aromatic N) is 1. The summed E-state index contributed by atoms with van der Waals surface area (Å²) in [4.78, 5) is 22.4. The van der Waals surface area contributed by atoms with Gasteiger partial charge in [0.25, 0.3) is 11.6 Å². The number of carbonyl (C=O) groups is 1. The van der Waals surface area contributed by atoms with Gasteiger partial charge in [-0.25, -0.2) is 0 Å². The number of halogens is 2. The van der Waals surface area contributed by atoms with Crippen molar-refractivity contribution in [3.8, 4) is 0 Å². The van der Waals surface area contributed by atoms with Crippen LogP contribution in [-0.4, -0.2) is 10.8 Å². The Morgan fingerprint density at radius 2 is 1.95 bits per heavy atom. The molecule has 110 valence electrons. The second-order valence-electron chi connectivity index (χ2n) is 4.42. The van der Waals surface area contributed by atoms with Gasteiger partial charge in [-0.2, -0.15) is 0 Å². The lowest BCUT2D eigenvalue weighted by Gasteiger charge is -2.10. The summed E-state index contributed by atoms with van der Waals surface area (Å²) in [5.74, 6) is -0.483. The van der Waals surface area contributed by atoms with E-state index in [1.165, 1.54) is 0 Å². The fourth-order valence-electron chi connectivity index (χ4n) is 1.84. The van der Waals surface area contributed by atoms with Crippen LogP contribution in [0.5, 0.6) is 0 Å². The van der Waals surface area contributed by atoms with Gasteiger partial charge in [0, 0.05) is 6.07 Å². The Labute approximate surface area is 134 Å². The third kappa shape index (κ3) is 3.34. The normalized spacial score (nSPS) is 10.5. The van der Waals surface area contributed by atoms with Crippen LogP contribution in [-0.2, 0) is 0 Å². The highest BCUT2D eigenvalue weighted by atomic mass is 35.5. The molecule has 0 unspecified atom stereocenters. The van der Waals surface area contributed by atoms with Crippen molar-refractivity contribution in [3.05, 3.63) is 53.7 Å². The number of amides is 1. The summed E-state index contributed by atoms with van der Waals surface area (Å²) in [6.07, 6.45) is 0. The molecule has 21 heavy (non-hydrogen) atoms. The van der Waals surface area contributed by atoms with Gasteiger partial charge in [-0.15, -0.1) is 11.3 Å². The maximum atomic E-state index is 12.2. The van der Waals surface area contributed by atoms with Crippen LogP contribution in [0.3, 0.4) is 0 Å². The van der Waals surface area contributed by atoms with Gasteiger partial charge in [0.05, 0.1) is 15.6 Å². The minimum Gasteiger partial charge on any atom is -0.320 e. The number of carbonyl (C=O) groups excluding carboxylic acids is 1. The standard InChI is InChI=1S/C13H10Cl2N2O3S/c1-6-3-7(2)11(8(14)4-6)16-13(18)10-5-9(17(19)20)12(15)21-10/h3-5H,1-2H3,(H,16,18). The monoisotopic (exact) mass is 344 g/mol. The van der Waals surface area contributed by atoms with Gasteiger partial charge in [-0.05, 0) is 31.0 Å². The summed E-state index contributed by atoms with van der Waals surface area (Å²) < 4.78 is -0.0307. The number of nitrogens with one attached hydrogen (secondary N) is 1. The van der Waals surface area contributed by atoms with E-state index in [-0.39, 0.29) is 14.9 Å². The summed E-state index contributed by atoms with van der Waals surface area (Å²) in [6, 6.07) is 4.76. The Morgan fingerprint density at radius 1 is 1.29 bits per heavy atom. The molecule has 2 rings (SSSR count). The van der Waals surface area contributed by atoms with Crippen LogP contribution < -0.4 is 5.32 Å². The quantitative estimate of drug-likeness (QED) is 0.639. The van der Waals surface area contributed by atoms with Crippen molar-refractivity contribution in [1.29, 1.82) is 0 Å². The number of aryl methyl sites for hydroxylation is 2. The van der Waals surface area contributed by atoms with Gasteiger partial charge in [-0.1, -0.05) is 29.3 Å². The molecule has 0 radical (unpaired) electrons. The molecule has 1 amide bonds. The molecule has 5 nitrogen and oxygen atoms in total. The van der Waals surface area contributed by atoms with Crippen LogP contribution in [0.4, 0.5) is 11.4 Å². The molecule has 8 heteroatoms. The van der Waals surface area contributed by atoms with Crippen LogP contribution in [0.15, 0.2) is 18.2 Å². The number of rotatable bonds is 3. The van der Waals surface area contributed by atoms with E-state index in [1.807, 2.05) is 19.9 Å². The van der Waals surface area contributed by atoms with Crippen LogP contribution in [0.2, 0.25) is 9.36 Å². The highest BCUT2D eigenvalue weighted by Gasteiger charge is 2.22. The van der Waals surface area contributed by atoms with E-state index in [1.54, 1.807) is 6.07 Å². The molecule has 0 aliphatic heterocycles. The minimum atomic E-state index is -0.625. The van der Waals surface area contributed by atoms with E-state index in [2.05, 4.69) is 5.32 Å². The summed E-state index contributed by atoms with van der Waals surface area (Å²) in [5, 5.41) is 13.8. The lowest BCUT2D eigenvalue weighted by atomic mass is 10.1. The lowest BCUT2D eigenvalue weighted by molar-refractivity contribution is -0.384. The van der Waals surface area contributed by atoms with Crippen molar-refractivity contribution in [3.63, 3.8) is 0 Å². The van der Waals surface area contributed by atoms with Gasteiger partial charge >= 0.3 is 0 Å². The Bertz CT molecular complexity index is 720. The summed E-state index contributed by atoms with van der Waals surface area (Å²) in [7, 11) is 0. The predicted molar refractivity (Wildman–Crippen MR) is 84.9 cm³/mol. The van der Waals surface area contributed by atoms with Crippen LogP contribution in [0.1, 0.15) is 20.8 Å². The zero-order valence-electron chi connectivity index (χ0n) is 11.1. The Kier molecular flexibility index (Phi) is 4.51. The molecular formula is C13H10Cl2N2O3S. The smallest absolute Gasteiger partial charge is 0.299 e. The first-order valence-corrected chi connectivity index (χ1v) is 7.38. The molecule has 1 aromatic carbocycles. The summed E-state index contributed by atoms with van der Waals surface area (Å²) >= 11 is 12.7. The molecule has 0 fully saturated rings. The second-order valence-corrected chi connectivity index (χ2v) is 6.48. The van der Waals surface area contributed by atoms with Gasteiger partial charge in [0.15, 0.2) is 4.34 Å². The molecule has 0 aliphatic carbocycles. The molecule has 1 N–H and O–H groups in total. The summed E-state index contributed by atoms with van der Waals surface area (Å²) in [5.41, 5.74) is 1.99. The molecule has 1 aromatic heterocycles. The van der Waals surface area contributed by atoms with Crippen LogP contribution in [0.25, 0.3) is 0 Å². The van der Waals surface area contributed by atoms with E-state index in [4.69, 9.17) is 23.2 Å². The zero-order chi connectivity index (χ0) is 15.7. The lowest BCUT2D eigenvalue weighted by Crippen LogP contribution is -2.11. The third-order valence-corrected chi connectivity index (χ3v) is 4.39. The Morgan fingerprint density at radius 3 is 2.48 bits per heavy atom. The van der Waals surface area contributed by atoms with E-state index < -0.39 is 10.8 Å². The fraction of sp³-hybridized carbons (Fsp3) is 0.154. The largest absolute Gasteiger partial charge is 0.320 e.